The molecule has 2 N–H and O–H groups in total. The minimum absolute atomic E-state index is 0.413. The maximum Gasteiger partial charge on any atom is 0.142 e. The van der Waals surface area contributed by atoms with Crippen molar-refractivity contribution in [3.63, 3.8) is 0 Å². The van der Waals surface area contributed by atoms with E-state index < -0.39 is 0 Å². The van der Waals surface area contributed by atoms with Gasteiger partial charge in [-0.3, -0.25) is 4.90 Å². The van der Waals surface area contributed by atoms with Gasteiger partial charge in [-0.15, -0.1) is 0 Å². The Morgan fingerprint density at radius 2 is 1.73 bits per heavy atom. The van der Waals surface area contributed by atoms with Gasteiger partial charge in [-0.2, -0.15) is 0 Å². The summed E-state index contributed by atoms with van der Waals surface area (Å²) in [5.74, 6) is 1.05. The summed E-state index contributed by atoms with van der Waals surface area (Å²) >= 11 is 4.48. The van der Waals surface area contributed by atoms with Crippen molar-refractivity contribution in [2.75, 3.05) is 39.4 Å². The van der Waals surface area contributed by atoms with Crippen LogP contribution in [0.25, 0.3) is 0 Å². The monoisotopic (exact) mass is 528 g/mol. The molecule has 2 heterocycles. The average Bonchev–Trinajstić information content (AvgIpc) is 2.55. The second-order valence-corrected chi connectivity index (χ2v) is 8.34. The normalized spacial score (nSPS) is 22.6. The number of nitrogens with zero attached hydrogens (tertiary/aromatic N) is 1. The van der Waals surface area contributed by atoms with Crippen LogP contribution in [0.15, 0.2) is 12.1 Å². The summed E-state index contributed by atoms with van der Waals surface area (Å²) in [5.41, 5.74) is 1.35. The fraction of sp³-hybridized carbons (Fsp3) is 0.625. The Labute approximate surface area is 159 Å². The van der Waals surface area contributed by atoms with E-state index in [9.17, 15) is 5.11 Å². The molecular formula is C16H22I2N2O2. The number of halogens is 2. The lowest BCUT2D eigenvalue weighted by atomic mass is 9.85. The molecule has 4 nitrogen and oxygen atoms in total. The van der Waals surface area contributed by atoms with Crippen LogP contribution in [0.1, 0.15) is 24.4 Å². The van der Waals surface area contributed by atoms with Crippen molar-refractivity contribution in [1.29, 1.82) is 0 Å². The molecule has 2 saturated heterocycles. The van der Waals surface area contributed by atoms with Crippen molar-refractivity contribution in [3.05, 3.63) is 24.8 Å². The van der Waals surface area contributed by atoms with Crippen LogP contribution in [0.2, 0.25) is 0 Å². The van der Waals surface area contributed by atoms with E-state index in [-0.39, 0.29) is 0 Å². The molecule has 0 aromatic heterocycles. The van der Waals surface area contributed by atoms with Crippen molar-refractivity contribution < 1.29 is 9.84 Å². The van der Waals surface area contributed by atoms with Gasteiger partial charge in [0.1, 0.15) is 5.75 Å². The molecule has 0 aliphatic carbocycles. The molecule has 122 valence electrons. The lowest BCUT2D eigenvalue weighted by Gasteiger charge is -2.41. The molecule has 1 aromatic carbocycles. The van der Waals surface area contributed by atoms with Gasteiger partial charge in [0.15, 0.2) is 0 Å². The molecule has 2 fully saturated rings. The smallest absolute Gasteiger partial charge is 0.142 e. The SMILES string of the molecule is Oc1c(I)cc([C@H](C2CCOCC2)N2CCNCC2)cc1I. The van der Waals surface area contributed by atoms with Crippen LogP contribution in [0, 0.1) is 13.1 Å². The topological polar surface area (TPSA) is 44.7 Å². The molecular weight excluding hydrogens is 506 g/mol. The van der Waals surface area contributed by atoms with E-state index in [1.807, 2.05) is 0 Å². The first-order valence-corrected chi connectivity index (χ1v) is 10.0. The highest BCUT2D eigenvalue weighted by molar-refractivity contribution is 14.1. The fourth-order valence-electron chi connectivity index (χ4n) is 3.53. The van der Waals surface area contributed by atoms with Gasteiger partial charge in [-0.05, 0) is 81.6 Å². The predicted octanol–water partition coefficient (Wildman–Crippen LogP) is 2.97. The summed E-state index contributed by atoms with van der Waals surface area (Å²) in [7, 11) is 0. The first kappa shape index (κ1) is 17.2. The third-order valence-corrected chi connectivity index (χ3v) is 6.28. The minimum atomic E-state index is 0.413. The zero-order chi connectivity index (χ0) is 15.5. The molecule has 22 heavy (non-hydrogen) atoms. The lowest BCUT2D eigenvalue weighted by molar-refractivity contribution is 0.0212. The van der Waals surface area contributed by atoms with E-state index in [1.54, 1.807) is 0 Å². The number of phenolic OH excluding ortho intramolecular Hbond substituents is 1. The van der Waals surface area contributed by atoms with Crippen molar-refractivity contribution in [1.82, 2.24) is 10.2 Å². The number of rotatable bonds is 3. The van der Waals surface area contributed by atoms with Gasteiger partial charge in [0.05, 0.1) is 7.14 Å². The summed E-state index contributed by atoms with van der Waals surface area (Å²) in [6, 6.07) is 4.77. The standard InChI is InChI=1S/C16H22I2N2O2/c17-13-9-12(10-14(18)16(13)21)15(11-1-7-22-8-2-11)20-5-3-19-4-6-20/h9-11,15,19,21H,1-8H2/t15-/m0/s1. The molecule has 0 amide bonds. The third-order valence-electron chi connectivity index (χ3n) is 4.64. The number of hydrogen-bond acceptors (Lipinski definition) is 4. The summed E-state index contributed by atoms with van der Waals surface area (Å²) in [5, 5.41) is 13.5. The highest BCUT2D eigenvalue weighted by Gasteiger charge is 2.31. The zero-order valence-corrected chi connectivity index (χ0v) is 16.8. The Morgan fingerprint density at radius 3 is 2.32 bits per heavy atom. The van der Waals surface area contributed by atoms with Gasteiger partial charge in [0.25, 0.3) is 0 Å². The molecule has 0 unspecified atom stereocenters. The second-order valence-electron chi connectivity index (χ2n) is 6.01. The van der Waals surface area contributed by atoms with Crippen LogP contribution in [-0.2, 0) is 4.74 Å². The number of piperazine rings is 1. The summed E-state index contributed by atoms with van der Waals surface area (Å²) < 4.78 is 7.47. The van der Waals surface area contributed by atoms with E-state index in [0.717, 1.165) is 59.4 Å². The first-order valence-electron chi connectivity index (χ1n) is 7.87. The van der Waals surface area contributed by atoms with Crippen molar-refractivity contribution in [2.45, 2.75) is 18.9 Å². The van der Waals surface area contributed by atoms with Crippen molar-refractivity contribution >= 4 is 45.2 Å². The first-order chi connectivity index (χ1) is 10.7. The van der Waals surface area contributed by atoms with Gasteiger partial charge in [-0.25, -0.2) is 0 Å². The minimum Gasteiger partial charge on any atom is -0.506 e. The number of nitrogens with one attached hydrogen (secondary N) is 1. The summed E-state index contributed by atoms with van der Waals surface area (Å²) in [6.45, 7) is 6.06. The predicted molar refractivity (Wildman–Crippen MR) is 104 cm³/mol. The van der Waals surface area contributed by atoms with Crippen LogP contribution in [0.5, 0.6) is 5.75 Å². The van der Waals surface area contributed by atoms with Crippen molar-refractivity contribution in [3.8, 4) is 5.75 Å². The highest BCUT2D eigenvalue weighted by Crippen LogP contribution is 2.38. The Kier molecular flexibility index (Phi) is 6.22. The molecule has 1 aromatic rings. The van der Waals surface area contributed by atoms with Crippen LogP contribution < -0.4 is 5.32 Å². The maximum atomic E-state index is 10.1. The van der Waals surface area contributed by atoms with E-state index >= 15 is 0 Å². The molecule has 0 saturated carbocycles. The van der Waals surface area contributed by atoms with Gasteiger partial charge in [0.2, 0.25) is 0 Å². The number of aromatic hydroxyl groups is 1. The molecule has 0 radical (unpaired) electrons. The fourth-order valence-corrected chi connectivity index (χ4v) is 5.35. The Balaban J connectivity index is 1.92. The van der Waals surface area contributed by atoms with Gasteiger partial charge >= 0.3 is 0 Å². The maximum absolute atomic E-state index is 10.1. The van der Waals surface area contributed by atoms with Crippen LogP contribution in [0.4, 0.5) is 0 Å². The van der Waals surface area contributed by atoms with Crippen LogP contribution in [0.3, 0.4) is 0 Å². The molecule has 2 aliphatic heterocycles. The van der Waals surface area contributed by atoms with E-state index in [1.165, 1.54) is 5.56 Å². The molecule has 1 atom stereocenters. The zero-order valence-electron chi connectivity index (χ0n) is 12.5. The summed E-state index contributed by atoms with van der Waals surface area (Å²) in [4.78, 5) is 2.62. The van der Waals surface area contributed by atoms with E-state index in [0.29, 0.717) is 17.7 Å². The number of ether oxygens (including phenoxy) is 1. The largest absolute Gasteiger partial charge is 0.506 e. The average molecular weight is 528 g/mol. The Bertz CT molecular complexity index is 474. The van der Waals surface area contributed by atoms with E-state index in [4.69, 9.17) is 4.74 Å². The summed E-state index contributed by atoms with van der Waals surface area (Å²) in [6.07, 6.45) is 2.26. The van der Waals surface area contributed by atoms with Crippen LogP contribution >= 0.6 is 45.2 Å². The number of benzene rings is 1. The molecule has 0 spiro atoms. The molecule has 3 rings (SSSR count). The molecule has 6 heteroatoms. The quantitative estimate of drug-likeness (QED) is 0.593. The van der Waals surface area contributed by atoms with Gasteiger partial charge < -0.3 is 15.2 Å². The van der Waals surface area contributed by atoms with Crippen LogP contribution in [-0.4, -0.2) is 49.4 Å². The number of phenols is 1. The van der Waals surface area contributed by atoms with E-state index in [2.05, 4.69) is 67.5 Å². The molecule has 2 aliphatic rings. The van der Waals surface area contributed by atoms with Gasteiger partial charge in [-0.1, -0.05) is 0 Å². The molecule has 0 bridgehead atoms. The number of hydrogen-bond donors (Lipinski definition) is 2. The van der Waals surface area contributed by atoms with Gasteiger partial charge in [0, 0.05) is 45.4 Å². The second kappa shape index (κ2) is 7.96. The third kappa shape index (κ3) is 3.88. The highest BCUT2D eigenvalue weighted by atomic mass is 127. The Hall–Kier alpha value is 0.360. The Morgan fingerprint density at radius 1 is 1.14 bits per heavy atom. The lowest BCUT2D eigenvalue weighted by Crippen LogP contribution is -2.47. The van der Waals surface area contributed by atoms with Crippen molar-refractivity contribution in [2.24, 2.45) is 5.92 Å².